The molecule has 47 heavy (non-hydrogen) atoms. The number of anilines is 3. The molecule has 0 N–H and O–H groups in total. The van der Waals surface area contributed by atoms with E-state index in [0.29, 0.717) is 11.1 Å². The SMILES string of the molecule is N#Cc1cc(C#N)cc(N(c2ccc3c4ccccc4c4ccccc4c3c2)c2ccc3c4ccccc4c4ccccc4c3c2)c1. The van der Waals surface area contributed by atoms with Crippen molar-refractivity contribution in [2.75, 3.05) is 4.90 Å². The Morgan fingerprint density at radius 2 is 0.596 bits per heavy atom. The van der Waals surface area contributed by atoms with Gasteiger partial charge in [0.2, 0.25) is 0 Å². The Kier molecular flexibility index (Phi) is 5.94. The van der Waals surface area contributed by atoms with Crippen LogP contribution in [0.15, 0.2) is 152 Å². The van der Waals surface area contributed by atoms with Crippen molar-refractivity contribution in [3.8, 4) is 12.1 Å². The Morgan fingerprint density at radius 3 is 0.915 bits per heavy atom. The summed E-state index contributed by atoms with van der Waals surface area (Å²) in [6, 6.07) is 57.4. The van der Waals surface area contributed by atoms with E-state index < -0.39 is 0 Å². The molecule has 0 aromatic heterocycles. The average Bonchev–Trinajstić information content (AvgIpc) is 3.15. The molecule has 0 unspecified atom stereocenters. The van der Waals surface area contributed by atoms with Crippen LogP contribution in [0, 0.1) is 22.7 Å². The zero-order valence-electron chi connectivity index (χ0n) is 25.3. The van der Waals surface area contributed by atoms with E-state index in [0.717, 1.165) is 27.8 Å². The standard InChI is InChI=1S/C44H25N3/c45-26-28-21-29(27-46)23-32(22-28)47(30-17-19-41-37-13-3-1-9-33(37)35-11-5-7-15-39(35)43(41)24-30)31-18-20-42-38-14-4-2-10-34(38)36-12-6-8-16-40(36)44(42)25-31/h1-25H. The van der Waals surface area contributed by atoms with Crippen LogP contribution in [-0.2, 0) is 0 Å². The molecule has 0 radical (unpaired) electrons. The summed E-state index contributed by atoms with van der Waals surface area (Å²) in [5.41, 5.74) is 3.54. The molecule has 9 rings (SSSR count). The molecule has 0 aliphatic carbocycles. The highest BCUT2D eigenvalue weighted by Crippen LogP contribution is 2.43. The molecule has 3 heteroatoms. The topological polar surface area (TPSA) is 50.8 Å². The van der Waals surface area contributed by atoms with E-state index in [9.17, 15) is 10.5 Å². The number of nitriles is 2. The molecule has 0 heterocycles. The first-order valence-electron chi connectivity index (χ1n) is 15.6. The summed E-state index contributed by atoms with van der Waals surface area (Å²) >= 11 is 0. The maximum Gasteiger partial charge on any atom is 0.0992 e. The van der Waals surface area contributed by atoms with Gasteiger partial charge < -0.3 is 4.90 Å². The summed E-state index contributed by atoms with van der Waals surface area (Å²) in [6.07, 6.45) is 0. The van der Waals surface area contributed by atoms with E-state index in [1.807, 2.05) is 12.1 Å². The highest BCUT2D eigenvalue weighted by molar-refractivity contribution is 6.27. The number of rotatable bonds is 3. The van der Waals surface area contributed by atoms with Gasteiger partial charge in [0, 0.05) is 17.1 Å². The molecule has 0 atom stereocenters. The Bertz CT molecular complexity index is 2570. The molecule has 0 aliphatic rings. The molecule has 0 amide bonds. The molecular formula is C44H25N3. The van der Waals surface area contributed by atoms with Crippen LogP contribution in [0.1, 0.15) is 11.1 Å². The third-order valence-corrected chi connectivity index (χ3v) is 9.41. The minimum atomic E-state index is 0.443. The Hall–Kier alpha value is -6.68. The number of nitrogens with zero attached hydrogens (tertiary/aromatic N) is 3. The van der Waals surface area contributed by atoms with Gasteiger partial charge in [0.25, 0.3) is 0 Å². The van der Waals surface area contributed by atoms with Crippen molar-refractivity contribution < 1.29 is 0 Å². The first-order chi connectivity index (χ1) is 23.2. The quantitative estimate of drug-likeness (QED) is 0.191. The third-order valence-electron chi connectivity index (χ3n) is 9.41. The van der Waals surface area contributed by atoms with Crippen LogP contribution in [0.2, 0.25) is 0 Å². The summed E-state index contributed by atoms with van der Waals surface area (Å²) in [4.78, 5) is 2.18. The van der Waals surface area contributed by atoms with E-state index in [2.05, 4.69) is 150 Å². The Morgan fingerprint density at radius 1 is 0.298 bits per heavy atom. The van der Waals surface area contributed by atoms with Crippen molar-refractivity contribution in [1.82, 2.24) is 0 Å². The van der Waals surface area contributed by atoms with Crippen molar-refractivity contribution in [3.63, 3.8) is 0 Å². The number of benzene rings is 9. The van der Waals surface area contributed by atoms with Crippen molar-refractivity contribution in [2.24, 2.45) is 0 Å². The normalized spacial score (nSPS) is 11.4. The molecule has 0 saturated heterocycles. The zero-order chi connectivity index (χ0) is 31.5. The zero-order valence-corrected chi connectivity index (χ0v) is 25.3. The molecule has 0 bridgehead atoms. The fraction of sp³-hybridized carbons (Fsp3) is 0. The van der Waals surface area contributed by atoms with Gasteiger partial charge >= 0.3 is 0 Å². The van der Waals surface area contributed by atoms with Crippen LogP contribution in [-0.4, -0.2) is 0 Å². The van der Waals surface area contributed by atoms with Crippen molar-refractivity contribution >= 4 is 81.7 Å². The number of fused-ring (bicyclic) bond motifs is 12. The summed E-state index contributed by atoms with van der Waals surface area (Å²) < 4.78 is 0. The van der Waals surface area contributed by atoms with Crippen LogP contribution in [0.3, 0.4) is 0 Å². The lowest BCUT2D eigenvalue weighted by molar-refractivity contribution is 1.28. The number of hydrogen-bond donors (Lipinski definition) is 0. The van der Waals surface area contributed by atoms with Crippen molar-refractivity contribution in [1.29, 1.82) is 10.5 Å². The van der Waals surface area contributed by atoms with Crippen LogP contribution < -0.4 is 4.90 Å². The van der Waals surface area contributed by atoms with Gasteiger partial charge in [0.1, 0.15) is 0 Å². The lowest BCUT2D eigenvalue weighted by atomic mass is 9.93. The predicted octanol–water partition coefficient (Wildman–Crippen LogP) is 11.8. The molecule has 216 valence electrons. The molecule has 0 spiro atoms. The van der Waals surface area contributed by atoms with Crippen LogP contribution in [0.5, 0.6) is 0 Å². The summed E-state index contributed by atoms with van der Waals surface area (Å²) in [6.45, 7) is 0. The van der Waals surface area contributed by atoms with Gasteiger partial charge in [-0.3, -0.25) is 0 Å². The van der Waals surface area contributed by atoms with Gasteiger partial charge in [-0.05, 0) is 107 Å². The minimum absolute atomic E-state index is 0.443. The van der Waals surface area contributed by atoms with Gasteiger partial charge in [-0.1, -0.05) is 109 Å². The van der Waals surface area contributed by atoms with Crippen LogP contribution >= 0.6 is 0 Å². The molecule has 0 aliphatic heterocycles. The second-order valence-corrected chi connectivity index (χ2v) is 12.0. The van der Waals surface area contributed by atoms with E-state index in [1.54, 1.807) is 6.07 Å². The molecule has 9 aromatic carbocycles. The maximum absolute atomic E-state index is 9.95. The molecule has 0 saturated carbocycles. The summed E-state index contributed by atoms with van der Waals surface area (Å²) in [5.74, 6) is 0. The minimum Gasteiger partial charge on any atom is -0.310 e. The maximum atomic E-state index is 9.95. The highest BCUT2D eigenvalue weighted by Gasteiger charge is 2.19. The van der Waals surface area contributed by atoms with Crippen LogP contribution in [0.25, 0.3) is 64.6 Å². The Balaban J connectivity index is 1.37. The van der Waals surface area contributed by atoms with Crippen molar-refractivity contribution in [3.05, 3.63) is 163 Å². The summed E-state index contributed by atoms with van der Waals surface area (Å²) in [5, 5.41) is 34.2. The summed E-state index contributed by atoms with van der Waals surface area (Å²) in [7, 11) is 0. The number of hydrogen-bond acceptors (Lipinski definition) is 3. The predicted molar refractivity (Wildman–Crippen MR) is 196 cm³/mol. The second kappa shape index (κ2) is 10.5. The van der Waals surface area contributed by atoms with E-state index in [-0.39, 0.29) is 0 Å². The van der Waals surface area contributed by atoms with Gasteiger partial charge in [-0.15, -0.1) is 0 Å². The van der Waals surface area contributed by atoms with E-state index in [1.165, 1.54) is 53.9 Å². The lowest BCUT2D eigenvalue weighted by Crippen LogP contribution is -2.10. The fourth-order valence-corrected chi connectivity index (χ4v) is 7.39. The van der Waals surface area contributed by atoms with Crippen LogP contribution in [0.4, 0.5) is 17.1 Å². The highest BCUT2D eigenvalue weighted by atomic mass is 15.1. The molecule has 3 nitrogen and oxygen atoms in total. The van der Waals surface area contributed by atoms with Gasteiger partial charge in [-0.25, -0.2) is 0 Å². The average molecular weight is 596 g/mol. The Labute approximate surface area is 271 Å². The van der Waals surface area contributed by atoms with E-state index in [4.69, 9.17) is 0 Å². The monoisotopic (exact) mass is 595 g/mol. The largest absolute Gasteiger partial charge is 0.310 e. The molecule has 0 fully saturated rings. The first kappa shape index (κ1) is 26.7. The first-order valence-corrected chi connectivity index (χ1v) is 15.6. The molecular weight excluding hydrogens is 571 g/mol. The van der Waals surface area contributed by atoms with Gasteiger partial charge in [-0.2, -0.15) is 10.5 Å². The van der Waals surface area contributed by atoms with Crippen molar-refractivity contribution in [2.45, 2.75) is 0 Å². The van der Waals surface area contributed by atoms with Gasteiger partial charge in [0.05, 0.1) is 23.3 Å². The molecule has 9 aromatic rings. The van der Waals surface area contributed by atoms with Gasteiger partial charge in [0.15, 0.2) is 0 Å². The third kappa shape index (κ3) is 4.12. The smallest absolute Gasteiger partial charge is 0.0992 e. The second-order valence-electron chi connectivity index (χ2n) is 12.0. The van der Waals surface area contributed by atoms with E-state index >= 15 is 0 Å². The lowest BCUT2D eigenvalue weighted by Gasteiger charge is -2.27. The fourth-order valence-electron chi connectivity index (χ4n) is 7.39.